The van der Waals surface area contributed by atoms with Gasteiger partial charge in [-0.3, -0.25) is 4.90 Å². The number of benzene rings is 1. The number of rotatable bonds is 1. The van der Waals surface area contributed by atoms with Crippen molar-refractivity contribution < 1.29 is 4.42 Å². The molecule has 1 aromatic heterocycles. The Balaban J connectivity index is 1.97. The number of hydrogen-bond acceptors (Lipinski definition) is 3. The Morgan fingerprint density at radius 1 is 1.29 bits per heavy atom. The maximum absolute atomic E-state index is 5.86. The molecule has 0 aliphatic carbocycles. The predicted octanol–water partition coefficient (Wildman–Crippen LogP) is 2.98. The van der Waals surface area contributed by atoms with Gasteiger partial charge in [-0.05, 0) is 31.3 Å². The van der Waals surface area contributed by atoms with Crippen molar-refractivity contribution in [3.8, 4) is 11.5 Å². The molecule has 1 aromatic carbocycles. The molecule has 1 aliphatic rings. The monoisotopic (exact) mass is 248 g/mol. The molecule has 0 fully saturated rings. The van der Waals surface area contributed by atoms with Crippen LogP contribution in [-0.4, -0.2) is 23.5 Å². The van der Waals surface area contributed by atoms with Gasteiger partial charge in [-0.25, -0.2) is 4.98 Å². The molecule has 0 unspecified atom stereocenters. The molecule has 0 atom stereocenters. The Kier molecular flexibility index (Phi) is 2.65. The van der Waals surface area contributed by atoms with Gasteiger partial charge in [0, 0.05) is 30.1 Å². The van der Waals surface area contributed by atoms with Crippen LogP contribution in [0.3, 0.4) is 0 Å². The quantitative estimate of drug-likeness (QED) is 0.777. The van der Waals surface area contributed by atoms with Gasteiger partial charge in [0.15, 0.2) is 0 Å². The van der Waals surface area contributed by atoms with Crippen LogP contribution in [0.1, 0.15) is 11.5 Å². The van der Waals surface area contributed by atoms with Gasteiger partial charge in [0.25, 0.3) is 0 Å². The summed E-state index contributed by atoms with van der Waals surface area (Å²) in [6.07, 6.45) is 0.937. The molecule has 0 spiro atoms. The van der Waals surface area contributed by atoms with Crippen molar-refractivity contribution in [2.75, 3.05) is 13.6 Å². The Morgan fingerprint density at radius 3 is 2.82 bits per heavy atom. The molecule has 2 aromatic rings. The number of aromatic nitrogens is 1. The van der Waals surface area contributed by atoms with Gasteiger partial charge in [0.1, 0.15) is 5.76 Å². The highest BCUT2D eigenvalue weighted by atomic mass is 35.5. The summed E-state index contributed by atoms with van der Waals surface area (Å²) in [5, 5.41) is 0.727. The van der Waals surface area contributed by atoms with Crippen LogP contribution in [0.5, 0.6) is 0 Å². The van der Waals surface area contributed by atoms with E-state index in [-0.39, 0.29) is 0 Å². The van der Waals surface area contributed by atoms with Crippen LogP contribution in [0.25, 0.3) is 11.5 Å². The standard InChI is InChI=1S/C13H13ClN2O/c1-16-7-6-12-11(8-16)15-13(17-12)9-2-4-10(14)5-3-9/h2-5H,6-8H2,1H3. The van der Waals surface area contributed by atoms with Gasteiger partial charge >= 0.3 is 0 Å². The zero-order chi connectivity index (χ0) is 11.8. The zero-order valence-corrected chi connectivity index (χ0v) is 10.4. The third kappa shape index (κ3) is 2.08. The topological polar surface area (TPSA) is 29.3 Å². The zero-order valence-electron chi connectivity index (χ0n) is 9.61. The molecule has 88 valence electrons. The van der Waals surface area contributed by atoms with Gasteiger partial charge in [-0.2, -0.15) is 0 Å². The van der Waals surface area contributed by atoms with Crippen LogP contribution < -0.4 is 0 Å². The fourth-order valence-electron chi connectivity index (χ4n) is 2.05. The fourth-order valence-corrected chi connectivity index (χ4v) is 2.17. The van der Waals surface area contributed by atoms with Crippen molar-refractivity contribution in [1.82, 2.24) is 9.88 Å². The SMILES string of the molecule is CN1CCc2oc(-c3ccc(Cl)cc3)nc2C1. The molecule has 0 radical (unpaired) electrons. The maximum Gasteiger partial charge on any atom is 0.226 e. The fraction of sp³-hybridized carbons (Fsp3) is 0.308. The molecule has 0 N–H and O–H groups in total. The molecule has 17 heavy (non-hydrogen) atoms. The Bertz CT molecular complexity index is 533. The van der Waals surface area contributed by atoms with Gasteiger partial charge < -0.3 is 4.42 Å². The third-order valence-corrected chi connectivity index (χ3v) is 3.26. The van der Waals surface area contributed by atoms with Gasteiger partial charge in [-0.15, -0.1) is 0 Å². The summed E-state index contributed by atoms with van der Waals surface area (Å²) in [5.74, 6) is 1.72. The molecule has 4 heteroatoms. The van der Waals surface area contributed by atoms with E-state index >= 15 is 0 Å². The summed E-state index contributed by atoms with van der Waals surface area (Å²) in [7, 11) is 2.10. The molecular formula is C13H13ClN2O. The first-order chi connectivity index (χ1) is 8.22. The molecule has 1 aliphatic heterocycles. The number of fused-ring (bicyclic) bond motifs is 1. The summed E-state index contributed by atoms with van der Waals surface area (Å²) in [6.45, 7) is 1.90. The third-order valence-electron chi connectivity index (χ3n) is 3.01. The minimum absolute atomic E-state index is 0.696. The second kappa shape index (κ2) is 4.17. The van der Waals surface area contributed by atoms with E-state index in [1.165, 1.54) is 0 Å². The second-order valence-electron chi connectivity index (χ2n) is 4.38. The van der Waals surface area contributed by atoms with Crippen molar-refractivity contribution in [3.05, 3.63) is 40.7 Å². The van der Waals surface area contributed by atoms with Gasteiger partial charge in [0.05, 0.1) is 5.69 Å². The Labute approximate surface area is 105 Å². The van der Waals surface area contributed by atoms with Crippen molar-refractivity contribution >= 4 is 11.6 Å². The van der Waals surface area contributed by atoms with E-state index in [1.54, 1.807) is 0 Å². The van der Waals surface area contributed by atoms with Crippen LogP contribution in [-0.2, 0) is 13.0 Å². The van der Waals surface area contributed by atoms with Crippen LogP contribution in [0.15, 0.2) is 28.7 Å². The van der Waals surface area contributed by atoms with Gasteiger partial charge in [0.2, 0.25) is 5.89 Å². The highest BCUT2D eigenvalue weighted by Crippen LogP contribution is 2.26. The van der Waals surface area contributed by atoms with E-state index in [0.29, 0.717) is 5.89 Å². The Morgan fingerprint density at radius 2 is 2.06 bits per heavy atom. The highest BCUT2D eigenvalue weighted by Gasteiger charge is 2.20. The molecule has 0 amide bonds. The summed E-state index contributed by atoms with van der Waals surface area (Å²) in [6, 6.07) is 7.57. The molecule has 0 saturated heterocycles. The lowest BCUT2D eigenvalue weighted by atomic mass is 10.2. The van der Waals surface area contributed by atoms with Crippen molar-refractivity contribution in [1.29, 1.82) is 0 Å². The smallest absolute Gasteiger partial charge is 0.226 e. The molecule has 0 saturated carbocycles. The molecule has 3 nitrogen and oxygen atoms in total. The average molecular weight is 249 g/mol. The largest absolute Gasteiger partial charge is 0.441 e. The van der Waals surface area contributed by atoms with Crippen LogP contribution in [0, 0.1) is 0 Å². The normalized spacial score (nSPS) is 15.9. The lowest BCUT2D eigenvalue weighted by Crippen LogP contribution is -2.25. The lowest BCUT2D eigenvalue weighted by molar-refractivity contribution is 0.292. The molecule has 2 heterocycles. The van der Waals surface area contributed by atoms with E-state index in [9.17, 15) is 0 Å². The molecule has 0 bridgehead atoms. The van der Waals surface area contributed by atoms with Crippen molar-refractivity contribution in [2.45, 2.75) is 13.0 Å². The molecular weight excluding hydrogens is 236 g/mol. The summed E-state index contributed by atoms with van der Waals surface area (Å²) < 4.78 is 5.80. The first kappa shape index (κ1) is 10.8. The number of halogens is 1. The summed E-state index contributed by atoms with van der Waals surface area (Å²) in [4.78, 5) is 6.80. The predicted molar refractivity (Wildman–Crippen MR) is 67.0 cm³/mol. The number of hydrogen-bond donors (Lipinski definition) is 0. The van der Waals surface area contributed by atoms with E-state index in [0.717, 1.165) is 41.6 Å². The first-order valence-corrected chi connectivity index (χ1v) is 6.03. The average Bonchev–Trinajstić information content (AvgIpc) is 2.72. The van der Waals surface area contributed by atoms with Crippen molar-refractivity contribution in [2.24, 2.45) is 0 Å². The Hall–Kier alpha value is -1.32. The van der Waals surface area contributed by atoms with Crippen LogP contribution in [0.2, 0.25) is 5.02 Å². The van der Waals surface area contributed by atoms with E-state index in [4.69, 9.17) is 16.0 Å². The summed E-state index contributed by atoms with van der Waals surface area (Å²) in [5.41, 5.74) is 2.04. The first-order valence-electron chi connectivity index (χ1n) is 5.65. The minimum Gasteiger partial charge on any atom is -0.441 e. The summed E-state index contributed by atoms with van der Waals surface area (Å²) >= 11 is 5.86. The van der Waals surface area contributed by atoms with E-state index in [2.05, 4.69) is 16.9 Å². The van der Waals surface area contributed by atoms with Crippen LogP contribution in [0.4, 0.5) is 0 Å². The van der Waals surface area contributed by atoms with E-state index in [1.807, 2.05) is 24.3 Å². The van der Waals surface area contributed by atoms with Gasteiger partial charge in [-0.1, -0.05) is 11.6 Å². The maximum atomic E-state index is 5.86. The molecule has 3 rings (SSSR count). The lowest BCUT2D eigenvalue weighted by Gasteiger charge is -2.19. The minimum atomic E-state index is 0.696. The van der Waals surface area contributed by atoms with E-state index < -0.39 is 0 Å². The second-order valence-corrected chi connectivity index (χ2v) is 4.82. The number of oxazole rings is 1. The number of likely N-dealkylation sites (N-methyl/N-ethyl adjacent to an activating group) is 1. The van der Waals surface area contributed by atoms with Crippen LogP contribution >= 0.6 is 11.6 Å². The number of nitrogens with zero attached hydrogens (tertiary/aromatic N) is 2. The highest BCUT2D eigenvalue weighted by molar-refractivity contribution is 6.30. The van der Waals surface area contributed by atoms with Crippen molar-refractivity contribution in [3.63, 3.8) is 0 Å².